The fourth-order valence-corrected chi connectivity index (χ4v) is 1.20. The molecule has 0 bridgehead atoms. The second-order valence-electron chi connectivity index (χ2n) is 3.20. The van der Waals surface area contributed by atoms with Crippen molar-refractivity contribution in [3.05, 3.63) is 35.4 Å². The van der Waals surface area contributed by atoms with Gasteiger partial charge >= 0.3 is 5.91 Å². The van der Waals surface area contributed by atoms with Gasteiger partial charge in [0.25, 0.3) is 0 Å². The Balaban J connectivity index is 2.75. The molecule has 0 aromatic heterocycles. The molecule has 1 amide bonds. The maximum Gasteiger partial charge on any atom is 0.325 e. The van der Waals surface area contributed by atoms with Crippen LogP contribution in [0.5, 0.6) is 0 Å². The lowest BCUT2D eigenvalue weighted by Crippen LogP contribution is -2.24. The summed E-state index contributed by atoms with van der Waals surface area (Å²) < 4.78 is 0. The fraction of sp³-hybridized carbons (Fsp3) is 0.273. The quantitative estimate of drug-likeness (QED) is 0.660. The Labute approximate surface area is 83.6 Å². The smallest absolute Gasteiger partial charge is 0.325 e. The Morgan fingerprint density at radius 2 is 2.14 bits per heavy atom. The molecule has 0 fully saturated rings. The van der Waals surface area contributed by atoms with Crippen molar-refractivity contribution in [2.45, 2.75) is 13.5 Å². The summed E-state index contributed by atoms with van der Waals surface area (Å²) in [4.78, 5) is 12.4. The van der Waals surface area contributed by atoms with E-state index in [2.05, 4.69) is 0 Å². The van der Waals surface area contributed by atoms with Gasteiger partial charge in [-0.2, -0.15) is 5.26 Å². The van der Waals surface area contributed by atoms with Crippen LogP contribution in [0.3, 0.4) is 0 Å². The monoisotopic (exact) mass is 188 g/mol. The first-order valence-electron chi connectivity index (χ1n) is 4.35. The number of hydrogen-bond donors (Lipinski definition) is 0. The van der Waals surface area contributed by atoms with Crippen LogP contribution < -0.4 is 0 Å². The van der Waals surface area contributed by atoms with Crippen molar-refractivity contribution in [2.75, 3.05) is 7.05 Å². The van der Waals surface area contributed by atoms with Gasteiger partial charge in [-0.25, -0.2) is 0 Å². The topological polar surface area (TPSA) is 44.1 Å². The lowest BCUT2D eigenvalue weighted by molar-refractivity contribution is -0.124. The molecule has 3 heteroatoms. The zero-order valence-electron chi connectivity index (χ0n) is 8.32. The van der Waals surface area contributed by atoms with E-state index >= 15 is 0 Å². The molecule has 0 aliphatic heterocycles. The van der Waals surface area contributed by atoms with Gasteiger partial charge in [0.15, 0.2) is 6.07 Å². The van der Waals surface area contributed by atoms with E-state index in [0.29, 0.717) is 6.54 Å². The van der Waals surface area contributed by atoms with Gasteiger partial charge in [0.2, 0.25) is 0 Å². The summed E-state index contributed by atoms with van der Waals surface area (Å²) in [6, 6.07) is 9.41. The van der Waals surface area contributed by atoms with Crippen molar-refractivity contribution < 1.29 is 4.79 Å². The van der Waals surface area contributed by atoms with Gasteiger partial charge in [-0.1, -0.05) is 24.3 Å². The van der Waals surface area contributed by atoms with Crippen molar-refractivity contribution >= 4 is 5.91 Å². The molecular formula is C11H12N2O. The summed E-state index contributed by atoms with van der Waals surface area (Å²) in [5.41, 5.74) is 2.20. The van der Waals surface area contributed by atoms with Crippen LogP contribution in [0.4, 0.5) is 0 Å². The number of carbonyl (C=O) groups excluding carboxylic acids is 1. The molecule has 1 rings (SSSR count). The fourth-order valence-electron chi connectivity index (χ4n) is 1.20. The first-order chi connectivity index (χ1) is 6.65. The van der Waals surface area contributed by atoms with Gasteiger partial charge in [-0.05, 0) is 18.1 Å². The molecule has 0 unspecified atom stereocenters. The number of amides is 1. The standard InChI is InChI=1S/C11H12N2O/c1-9-5-3-4-6-10(9)8-13(2)11(14)7-12/h3-6H,8H2,1-2H3. The third-order valence-corrected chi connectivity index (χ3v) is 2.11. The molecule has 14 heavy (non-hydrogen) atoms. The molecule has 0 N–H and O–H groups in total. The van der Waals surface area contributed by atoms with Crippen LogP contribution in [-0.4, -0.2) is 17.9 Å². The predicted molar refractivity (Wildman–Crippen MR) is 53.3 cm³/mol. The average Bonchev–Trinajstić information content (AvgIpc) is 2.20. The number of aryl methyl sites for hydroxylation is 1. The number of benzene rings is 1. The second kappa shape index (κ2) is 4.43. The maximum atomic E-state index is 11.0. The molecule has 0 spiro atoms. The molecule has 0 aliphatic carbocycles. The third kappa shape index (κ3) is 2.33. The van der Waals surface area contributed by atoms with Crippen LogP contribution in [0, 0.1) is 18.3 Å². The van der Waals surface area contributed by atoms with Gasteiger partial charge in [0.05, 0.1) is 0 Å². The van der Waals surface area contributed by atoms with E-state index in [1.165, 1.54) is 4.90 Å². The number of nitrogens with zero attached hydrogens (tertiary/aromatic N) is 2. The predicted octanol–water partition coefficient (Wildman–Crippen LogP) is 1.48. The van der Waals surface area contributed by atoms with Crippen molar-refractivity contribution in [3.63, 3.8) is 0 Å². The first-order valence-corrected chi connectivity index (χ1v) is 4.35. The summed E-state index contributed by atoms with van der Waals surface area (Å²) in [6.07, 6.45) is 0. The van der Waals surface area contributed by atoms with Gasteiger partial charge in [0, 0.05) is 13.6 Å². The van der Waals surface area contributed by atoms with Crippen molar-refractivity contribution in [2.24, 2.45) is 0 Å². The van der Waals surface area contributed by atoms with Gasteiger partial charge in [-0.3, -0.25) is 4.79 Å². The molecule has 1 aromatic carbocycles. The van der Waals surface area contributed by atoms with Crippen molar-refractivity contribution in [1.29, 1.82) is 5.26 Å². The Kier molecular flexibility index (Phi) is 3.24. The highest BCUT2D eigenvalue weighted by atomic mass is 16.2. The largest absolute Gasteiger partial charge is 0.329 e. The zero-order valence-corrected chi connectivity index (χ0v) is 8.32. The summed E-state index contributed by atoms with van der Waals surface area (Å²) in [7, 11) is 1.62. The van der Waals surface area contributed by atoms with Crippen LogP contribution in [0.25, 0.3) is 0 Å². The lowest BCUT2D eigenvalue weighted by atomic mass is 10.1. The van der Waals surface area contributed by atoms with Crippen molar-refractivity contribution in [3.8, 4) is 6.07 Å². The van der Waals surface area contributed by atoms with Gasteiger partial charge in [-0.15, -0.1) is 0 Å². The summed E-state index contributed by atoms with van der Waals surface area (Å²) in [6.45, 7) is 2.47. The normalized spacial score (nSPS) is 9.21. The molecule has 72 valence electrons. The van der Waals surface area contributed by atoms with E-state index in [-0.39, 0.29) is 0 Å². The molecule has 1 aromatic rings. The lowest BCUT2D eigenvalue weighted by Gasteiger charge is -2.14. The van der Waals surface area contributed by atoms with E-state index in [0.717, 1.165) is 11.1 Å². The van der Waals surface area contributed by atoms with E-state index < -0.39 is 5.91 Å². The minimum absolute atomic E-state index is 0.485. The second-order valence-corrected chi connectivity index (χ2v) is 3.20. The minimum Gasteiger partial charge on any atom is -0.329 e. The highest BCUT2D eigenvalue weighted by Crippen LogP contribution is 2.09. The summed E-state index contributed by atoms with van der Waals surface area (Å²) in [5, 5.41) is 8.41. The third-order valence-electron chi connectivity index (χ3n) is 2.11. The maximum absolute atomic E-state index is 11.0. The molecule has 0 atom stereocenters. The average molecular weight is 188 g/mol. The molecule has 3 nitrogen and oxygen atoms in total. The van der Waals surface area contributed by atoms with Crippen LogP contribution in [0.2, 0.25) is 0 Å². The van der Waals surface area contributed by atoms with E-state index in [9.17, 15) is 4.79 Å². The molecular weight excluding hydrogens is 176 g/mol. The van der Waals surface area contributed by atoms with Crippen LogP contribution in [0.1, 0.15) is 11.1 Å². The molecule has 0 saturated heterocycles. The van der Waals surface area contributed by atoms with Crippen LogP contribution in [0.15, 0.2) is 24.3 Å². The zero-order chi connectivity index (χ0) is 10.6. The van der Waals surface area contributed by atoms with Crippen molar-refractivity contribution in [1.82, 2.24) is 4.90 Å². The number of carbonyl (C=O) groups is 1. The molecule has 0 saturated carbocycles. The van der Waals surface area contributed by atoms with Crippen LogP contribution in [-0.2, 0) is 11.3 Å². The molecule has 0 radical (unpaired) electrons. The molecule has 0 aliphatic rings. The highest BCUT2D eigenvalue weighted by molar-refractivity contribution is 5.90. The van der Waals surface area contributed by atoms with Crippen LogP contribution >= 0.6 is 0 Å². The van der Waals surface area contributed by atoms with E-state index in [1.54, 1.807) is 13.1 Å². The van der Waals surface area contributed by atoms with E-state index in [1.807, 2.05) is 31.2 Å². The number of nitriles is 1. The molecule has 0 heterocycles. The van der Waals surface area contributed by atoms with E-state index in [4.69, 9.17) is 5.26 Å². The van der Waals surface area contributed by atoms with Gasteiger partial charge < -0.3 is 4.90 Å². The minimum atomic E-state index is -0.506. The Hall–Kier alpha value is -1.82. The summed E-state index contributed by atoms with van der Waals surface area (Å²) in [5.74, 6) is -0.506. The Bertz CT molecular complexity index is 379. The SMILES string of the molecule is Cc1ccccc1CN(C)C(=O)C#N. The Morgan fingerprint density at radius 1 is 1.50 bits per heavy atom. The van der Waals surface area contributed by atoms with Gasteiger partial charge in [0.1, 0.15) is 0 Å². The number of rotatable bonds is 2. The Morgan fingerprint density at radius 3 is 2.71 bits per heavy atom. The first kappa shape index (κ1) is 10.3. The highest BCUT2D eigenvalue weighted by Gasteiger charge is 2.08. The number of hydrogen-bond acceptors (Lipinski definition) is 2. The summed E-state index contributed by atoms with van der Waals surface area (Å²) >= 11 is 0.